The highest BCUT2D eigenvalue weighted by atomic mass is 19.1. The number of carbonyl (C=O) groups excluding carboxylic acids is 3. The summed E-state index contributed by atoms with van der Waals surface area (Å²) in [5.74, 6) is -1.71. The highest BCUT2D eigenvalue weighted by molar-refractivity contribution is 6.16. The van der Waals surface area contributed by atoms with Crippen LogP contribution in [0.5, 0.6) is 5.75 Å². The lowest BCUT2D eigenvalue weighted by atomic mass is 9.64. The topological polar surface area (TPSA) is 75.7 Å². The monoisotopic (exact) mass is 482 g/mol. The molecule has 36 heavy (non-hydrogen) atoms. The van der Waals surface area contributed by atoms with E-state index in [4.69, 9.17) is 4.74 Å². The summed E-state index contributed by atoms with van der Waals surface area (Å²) in [6.45, 7) is 1.44. The van der Waals surface area contributed by atoms with Crippen LogP contribution in [0.4, 0.5) is 15.8 Å². The maximum absolute atomic E-state index is 14.3. The molecule has 1 fully saturated rings. The molecule has 0 aliphatic carbocycles. The van der Waals surface area contributed by atoms with Crippen molar-refractivity contribution < 1.29 is 23.5 Å². The van der Waals surface area contributed by atoms with Crippen molar-refractivity contribution >= 4 is 34.9 Å². The zero-order valence-electron chi connectivity index (χ0n) is 19.7. The average molecular weight is 483 g/mol. The molecule has 1 saturated heterocycles. The van der Waals surface area contributed by atoms with Gasteiger partial charge in [-0.15, -0.1) is 0 Å². The van der Waals surface area contributed by atoms with Crippen molar-refractivity contribution in [2.75, 3.05) is 17.3 Å². The molecule has 3 aliphatic rings. The number of methoxy groups -OCH3 is 1. The number of anilines is 2. The molecule has 3 heterocycles. The molecule has 4 unspecified atom stereocenters. The van der Waals surface area contributed by atoms with Crippen LogP contribution >= 0.6 is 0 Å². The Kier molecular flexibility index (Phi) is 4.86. The number of nitrogens with zero attached hydrogens (tertiary/aromatic N) is 1. The fraction of sp³-hybridized carbons (Fsp3) is 0.207. The first-order valence-electron chi connectivity index (χ1n) is 11.7. The van der Waals surface area contributed by atoms with Crippen molar-refractivity contribution in [2.24, 2.45) is 5.92 Å². The summed E-state index contributed by atoms with van der Waals surface area (Å²) in [4.78, 5) is 43.5. The normalized spacial score (nSPS) is 25.2. The zero-order valence-corrected chi connectivity index (χ0v) is 19.7. The van der Waals surface area contributed by atoms with Crippen molar-refractivity contribution in [3.63, 3.8) is 0 Å². The fourth-order valence-corrected chi connectivity index (χ4v) is 6.24. The second-order valence-corrected chi connectivity index (χ2v) is 9.41. The molecule has 0 saturated carbocycles. The standard InChI is InChI=1S/C29H23FN2O4/c1-16(33)26-25(27(34)17-7-11-20(36-2)12-8-17)29(21-5-3-4-6-22(21)31-28(29)35)24-14-9-18-15-19(30)10-13-23(18)32(24)26/h3-15,24-26H,1-2H3,(H,31,35). The van der Waals surface area contributed by atoms with E-state index in [1.807, 2.05) is 29.2 Å². The van der Waals surface area contributed by atoms with Crippen LogP contribution in [0.1, 0.15) is 28.4 Å². The molecule has 1 spiro atoms. The van der Waals surface area contributed by atoms with Crippen LogP contribution in [0.25, 0.3) is 6.08 Å². The van der Waals surface area contributed by atoms with E-state index in [-0.39, 0.29) is 17.5 Å². The maximum atomic E-state index is 14.3. The minimum Gasteiger partial charge on any atom is -0.497 e. The second-order valence-electron chi connectivity index (χ2n) is 9.41. The third-order valence-corrected chi connectivity index (χ3v) is 7.67. The van der Waals surface area contributed by atoms with Gasteiger partial charge in [0.15, 0.2) is 11.6 Å². The number of para-hydroxylation sites is 1. The van der Waals surface area contributed by atoms with E-state index in [2.05, 4.69) is 5.32 Å². The molecule has 6 nitrogen and oxygen atoms in total. The van der Waals surface area contributed by atoms with Crippen LogP contribution in [0.15, 0.2) is 72.8 Å². The van der Waals surface area contributed by atoms with Crippen molar-refractivity contribution in [3.8, 4) is 5.75 Å². The Hall–Kier alpha value is -4.26. The number of halogens is 1. The van der Waals surface area contributed by atoms with E-state index in [0.717, 1.165) is 0 Å². The van der Waals surface area contributed by atoms with Crippen LogP contribution in [-0.4, -0.2) is 36.7 Å². The summed E-state index contributed by atoms with van der Waals surface area (Å²) >= 11 is 0. The summed E-state index contributed by atoms with van der Waals surface area (Å²) in [6.07, 6.45) is 3.59. The Morgan fingerprint density at radius 3 is 2.53 bits per heavy atom. The molecular weight excluding hydrogens is 459 g/mol. The quantitative estimate of drug-likeness (QED) is 0.558. The van der Waals surface area contributed by atoms with Crippen molar-refractivity contribution in [3.05, 3.63) is 95.3 Å². The summed E-state index contributed by atoms with van der Waals surface area (Å²) in [7, 11) is 1.54. The molecule has 1 amide bonds. The van der Waals surface area contributed by atoms with Crippen molar-refractivity contribution in [1.29, 1.82) is 0 Å². The van der Waals surface area contributed by atoms with Gasteiger partial charge in [0.1, 0.15) is 17.0 Å². The molecule has 0 radical (unpaired) electrons. The lowest BCUT2D eigenvalue weighted by Gasteiger charge is -2.37. The van der Waals surface area contributed by atoms with Crippen molar-refractivity contribution in [1.82, 2.24) is 0 Å². The SMILES string of the molecule is COc1ccc(C(=O)C2C(C(C)=O)N3c4ccc(F)cc4C=CC3C23C(=O)Nc2ccccc23)cc1. The molecular formula is C29H23FN2O4. The Labute approximate surface area is 207 Å². The van der Waals surface area contributed by atoms with Gasteiger partial charge in [0, 0.05) is 22.5 Å². The predicted molar refractivity (Wildman–Crippen MR) is 134 cm³/mol. The van der Waals surface area contributed by atoms with Crippen LogP contribution in [0, 0.1) is 11.7 Å². The van der Waals surface area contributed by atoms with Crippen molar-refractivity contribution in [2.45, 2.75) is 24.4 Å². The molecule has 3 aliphatic heterocycles. The average Bonchev–Trinajstić information content (AvgIpc) is 3.36. The molecule has 3 aromatic carbocycles. The number of fused-ring (bicyclic) bond motifs is 6. The number of rotatable bonds is 4. The fourth-order valence-electron chi connectivity index (χ4n) is 6.24. The largest absolute Gasteiger partial charge is 0.497 e. The zero-order chi connectivity index (χ0) is 25.2. The number of nitrogens with one attached hydrogen (secondary N) is 1. The first-order chi connectivity index (χ1) is 17.4. The third kappa shape index (κ3) is 2.86. The van der Waals surface area contributed by atoms with E-state index in [9.17, 15) is 18.8 Å². The minimum absolute atomic E-state index is 0.244. The van der Waals surface area contributed by atoms with Crippen LogP contribution in [-0.2, 0) is 15.0 Å². The maximum Gasteiger partial charge on any atom is 0.238 e. The van der Waals surface area contributed by atoms with Crippen LogP contribution < -0.4 is 15.0 Å². The molecule has 4 atom stereocenters. The lowest BCUT2D eigenvalue weighted by molar-refractivity contribution is -0.122. The van der Waals surface area contributed by atoms with E-state index >= 15 is 0 Å². The van der Waals surface area contributed by atoms with Gasteiger partial charge in [-0.25, -0.2) is 4.39 Å². The molecule has 180 valence electrons. The number of hydrogen-bond donors (Lipinski definition) is 1. The Balaban J connectivity index is 1.63. The van der Waals surface area contributed by atoms with E-state index in [0.29, 0.717) is 33.8 Å². The number of hydrogen-bond acceptors (Lipinski definition) is 5. The highest BCUT2D eigenvalue weighted by Crippen LogP contribution is 2.57. The molecule has 3 aromatic rings. The molecule has 0 aromatic heterocycles. The number of amides is 1. The van der Waals surface area contributed by atoms with Gasteiger partial charge in [-0.3, -0.25) is 14.4 Å². The Morgan fingerprint density at radius 1 is 1.06 bits per heavy atom. The molecule has 0 bridgehead atoms. The van der Waals surface area contributed by atoms with Crippen LogP contribution in [0.2, 0.25) is 0 Å². The highest BCUT2D eigenvalue weighted by Gasteiger charge is 2.69. The van der Waals surface area contributed by atoms with E-state index < -0.39 is 29.2 Å². The smallest absolute Gasteiger partial charge is 0.238 e. The number of carbonyl (C=O) groups is 3. The van der Waals surface area contributed by atoms with Gasteiger partial charge in [0.05, 0.1) is 25.1 Å². The number of benzene rings is 3. The van der Waals surface area contributed by atoms with Gasteiger partial charge in [-0.1, -0.05) is 30.4 Å². The van der Waals surface area contributed by atoms with Gasteiger partial charge in [-0.05, 0) is 61.0 Å². The van der Waals surface area contributed by atoms with E-state index in [1.165, 1.54) is 19.1 Å². The first kappa shape index (κ1) is 22.2. The first-order valence-corrected chi connectivity index (χ1v) is 11.7. The Morgan fingerprint density at radius 2 is 1.81 bits per heavy atom. The Bertz CT molecular complexity index is 1460. The van der Waals surface area contributed by atoms with Crippen LogP contribution in [0.3, 0.4) is 0 Å². The van der Waals surface area contributed by atoms with Gasteiger partial charge in [0.2, 0.25) is 5.91 Å². The number of Topliss-reactive ketones (excluding diaryl/α,β-unsaturated/α-hetero) is 2. The minimum atomic E-state index is -1.35. The summed E-state index contributed by atoms with van der Waals surface area (Å²) in [6, 6.07) is 16.8. The second kappa shape index (κ2) is 7.88. The van der Waals surface area contributed by atoms with Gasteiger partial charge >= 0.3 is 0 Å². The van der Waals surface area contributed by atoms with Gasteiger partial charge in [0.25, 0.3) is 0 Å². The van der Waals surface area contributed by atoms with Gasteiger partial charge in [-0.2, -0.15) is 0 Å². The van der Waals surface area contributed by atoms with Gasteiger partial charge < -0.3 is 15.0 Å². The summed E-state index contributed by atoms with van der Waals surface area (Å²) < 4.78 is 19.3. The summed E-state index contributed by atoms with van der Waals surface area (Å²) in [5, 5.41) is 2.97. The molecule has 7 heteroatoms. The number of ketones is 2. The van der Waals surface area contributed by atoms with E-state index in [1.54, 1.807) is 49.6 Å². The number of ether oxygens (including phenoxy) is 1. The predicted octanol–water partition coefficient (Wildman–Crippen LogP) is 4.40. The molecule has 6 rings (SSSR count). The lowest BCUT2D eigenvalue weighted by Crippen LogP contribution is -2.51. The third-order valence-electron chi connectivity index (χ3n) is 7.67. The molecule has 1 N–H and O–H groups in total. The summed E-state index contributed by atoms with van der Waals surface area (Å²) in [5.41, 5.74) is 1.54.